The summed E-state index contributed by atoms with van der Waals surface area (Å²) in [6.45, 7) is 3.85. The zero-order valence-corrected chi connectivity index (χ0v) is 20.4. The van der Waals surface area contributed by atoms with Crippen LogP contribution in [0.15, 0.2) is 66.2 Å². The Kier molecular flexibility index (Phi) is 6.94. The molecule has 1 heterocycles. The Labute approximate surface area is 208 Å². The van der Waals surface area contributed by atoms with E-state index in [1.165, 1.54) is 29.2 Å². The van der Waals surface area contributed by atoms with Crippen molar-refractivity contribution in [1.29, 1.82) is 0 Å². The number of halogens is 2. The third-order valence-corrected chi connectivity index (χ3v) is 6.53. The van der Waals surface area contributed by atoms with Crippen LogP contribution in [0.1, 0.15) is 33.9 Å². The van der Waals surface area contributed by atoms with Crippen LogP contribution in [0.25, 0.3) is 5.76 Å². The first kappa shape index (κ1) is 24.5. The van der Waals surface area contributed by atoms with Gasteiger partial charge in [0.05, 0.1) is 18.7 Å². The van der Waals surface area contributed by atoms with Gasteiger partial charge in [-0.15, -0.1) is 0 Å². The fourth-order valence-corrected chi connectivity index (χ4v) is 4.54. The molecule has 0 saturated carbocycles. The quantitative estimate of drug-likeness (QED) is 0.269. The van der Waals surface area contributed by atoms with Gasteiger partial charge in [0, 0.05) is 17.1 Å². The lowest BCUT2D eigenvalue weighted by molar-refractivity contribution is -0.139. The first-order valence-corrected chi connectivity index (χ1v) is 11.5. The van der Waals surface area contributed by atoms with Crippen molar-refractivity contribution in [2.45, 2.75) is 26.3 Å². The van der Waals surface area contributed by atoms with Crippen molar-refractivity contribution in [3.8, 4) is 5.75 Å². The number of methoxy groups -OCH3 is 1. The van der Waals surface area contributed by atoms with E-state index in [4.69, 9.17) is 16.3 Å². The first-order chi connectivity index (χ1) is 16.7. The lowest BCUT2D eigenvalue weighted by Crippen LogP contribution is -2.31. The van der Waals surface area contributed by atoms with Gasteiger partial charge in [0.1, 0.15) is 17.3 Å². The van der Waals surface area contributed by atoms with Gasteiger partial charge in [0.25, 0.3) is 11.7 Å². The topological polar surface area (TPSA) is 66.8 Å². The van der Waals surface area contributed by atoms with Crippen LogP contribution in [0.4, 0.5) is 4.39 Å². The number of aliphatic hydroxyl groups is 1. The van der Waals surface area contributed by atoms with Gasteiger partial charge >= 0.3 is 0 Å². The van der Waals surface area contributed by atoms with Crippen LogP contribution in [0.5, 0.6) is 5.75 Å². The zero-order valence-electron chi connectivity index (χ0n) is 19.6. The summed E-state index contributed by atoms with van der Waals surface area (Å²) < 4.78 is 19.0. The van der Waals surface area contributed by atoms with Crippen molar-refractivity contribution in [3.63, 3.8) is 0 Å². The molecule has 0 radical (unpaired) electrons. The molecule has 180 valence electrons. The van der Waals surface area contributed by atoms with Gasteiger partial charge in [-0.05, 0) is 78.9 Å². The fourth-order valence-electron chi connectivity index (χ4n) is 4.41. The van der Waals surface area contributed by atoms with Crippen LogP contribution in [0, 0.1) is 19.7 Å². The number of ketones is 1. The standard InChI is InChI=1S/C28H25ClFNO4/c1-16-15-23(35-3)17(2)14-22(16)26(32)24-25(19-6-10-21(30)11-7-19)31(28(34)27(24)33)13-12-18-4-8-20(29)9-5-18/h4-11,14-15,25,32H,12-13H2,1-3H3/b26-24+. The molecule has 4 rings (SSSR count). The van der Waals surface area contributed by atoms with E-state index < -0.39 is 23.5 Å². The van der Waals surface area contributed by atoms with Crippen molar-refractivity contribution in [2.75, 3.05) is 13.7 Å². The SMILES string of the molecule is COc1cc(C)c(/C(O)=C2\C(=O)C(=O)N(CCc3ccc(Cl)cc3)C2c2ccc(F)cc2)cc1C. The molecule has 0 aromatic heterocycles. The molecular weight excluding hydrogens is 469 g/mol. The third-order valence-electron chi connectivity index (χ3n) is 6.28. The van der Waals surface area contributed by atoms with Gasteiger partial charge in [-0.3, -0.25) is 9.59 Å². The highest BCUT2D eigenvalue weighted by Gasteiger charge is 2.46. The van der Waals surface area contributed by atoms with Gasteiger partial charge in [0.15, 0.2) is 0 Å². The molecule has 5 nitrogen and oxygen atoms in total. The molecule has 1 unspecified atom stereocenters. The van der Waals surface area contributed by atoms with Gasteiger partial charge < -0.3 is 14.7 Å². The molecule has 1 aliphatic heterocycles. The van der Waals surface area contributed by atoms with Gasteiger partial charge in [-0.1, -0.05) is 35.9 Å². The van der Waals surface area contributed by atoms with Crippen LogP contribution in [-0.4, -0.2) is 35.4 Å². The van der Waals surface area contributed by atoms with E-state index >= 15 is 0 Å². The minimum absolute atomic E-state index is 0.0228. The van der Waals surface area contributed by atoms with Crippen LogP contribution < -0.4 is 4.74 Å². The van der Waals surface area contributed by atoms with Crippen molar-refractivity contribution >= 4 is 29.1 Å². The predicted molar refractivity (Wildman–Crippen MR) is 133 cm³/mol. The minimum Gasteiger partial charge on any atom is -0.507 e. The Morgan fingerprint density at radius 3 is 2.31 bits per heavy atom. The molecule has 3 aromatic carbocycles. The average Bonchev–Trinajstić information content (AvgIpc) is 3.09. The normalized spacial score (nSPS) is 17.2. The molecular formula is C28H25ClFNO4. The molecule has 1 saturated heterocycles. The van der Waals surface area contributed by atoms with E-state index in [2.05, 4.69) is 0 Å². The number of Topliss-reactive ketones (excluding diaryl/α,β-unsaturated/α-hetero) is 1. The molecule has 0 aliphatic carbocycles. The van der Waals surface area contributed by atoms with E-state index in [1.807, 2.05) is 19.1 Å². The maximum absolute atomic E-state index is 13.7. The van der Waals surface area contributed by atoms with Crippen LogP contribution in [0.2, 0.25) is 5.02 Å². The maximum Gasteiger partial charge on any atom is 0.295 e. The minimum atomic E-state index is -0.857. The first-order valence-electron chi connectivity index (χ1n) is 11.1. The second-order valence-electron chi connectivity index (χ2n) is 8.56. The average molecular weight is 494 g/mol. The van der Waals surface area contributed by atoms with E-state index in [0.29, 0.717) is 33.9 Å². The van der Waals surface area contributed by atoms with E-state index in [1.54, 1.807) is 38.3 Å². The number of carbonyl (C=O) groups is 2. The summed E-state index contributed by atoms with van der Waals surface area (Å²) in [5, 5.41) is 12.0. The second-order valence-corrected chi connectivity index (χ2v) is 8.99. The zero-order chi connectivity index (χ0) is 25.3. The molecule has 35 heavy (non-hydrogen) atoms. The number of hydrogen-bond donors (Lipinski definition) is 1. The Bertz CT molecular complexity index is 1320. The summed E-state index contributed by atoms with van der Waals surface area (Å²) in [5.74, 6) is -1.54. The highest BCUT2D eigenvalue weighted by molar-refractivity contribution is 6.46. The summed E-state index contributed by atoms with van der Waals surface area (Å²) in [5.41, 5.74) is 3.35. The molecule has 3 aromatic rings. The van der Waals surface area contributed by atoms with Gasteiger partial charge in [-0.2, -0.15) is 0 Å². The summed E-state index contributed by atoms with van der Waals surface area (Å²) in [6.07, 6.45) is 0.475. The molecule has 0 spiro atoms. The summed E-state index contributed by atoms with van der Waals surface area (Å²) in [6, 6.07) is 15.5. The third kappa shape index (κ3) is 4.80. The Hall–Kier alpha value is -3.64. The number of carbonyl (C=O) groups excluding carboxylic acids is 2. The van der Waals surface area contributed by atoms with Gasteiger partial charge in [-0.25, -0.2) is 4.39 Å². The van der Waals surface area contributed by atoms with Crippen LogP contribution in [-0.2, 0) is 16.0 Å². The van der Waals surface area contributed by atoms with Crippen LogP contribution in [0.3, 0.4) is 0 Å². The largest absolute Gasteiger partial charge is 0.507 e. The van der Waals surface area contributed by atoms with Gasteiger partial charge in [0.2, 0.25) is 0 Å². The Morgan fingerprint density at radius 1 is 1.03 bits per heavy atom. The number of ether oxygens (including phenoxy) is 1. The van der Waals surface area contributed by atoms with Crippen molar-refractivity contribution in [2.24, 2.45) is 0 Å². The van der Waals surface area contributed by atoms with E-state index in [-0.39, 0.29) is 17.9 Å². The highest BCUT2D eigenvalue weighted by Crippen LogP contribution is 2.40. The number of nitrogens with zero attached hydrogens (tertiary/aromatic N) is 1. The van der Waals surface area contributed by atoms with Crippen LogP contribution >= 0.6 is 11.6 Å². The molecule has 1 fully saturated rings. The summed E-state index contributed by atoms with van der Waals surface area (Å²) >= 11 is 5.97. The molecule has 1 atom stereocenters. The molecule has 1 amide bonds. The number of likely N-dealkylation sites (tertiary alicyclic amines) is 1. The molecule has 1 aliphatic rings. The second kappa shape index (κ2) is 9.92. The number of amides is 1. The van der Waals surface area contributed by atoms with Crippen molar-refractivity contribution < 1.29 is 23.8 Å². The number of aryl methyl sites for hydroxylation is 2. The number of benzene rings is 3. The molecule has 0 bridgehead atoms. The number of rotatable bonds is 6. The smallest absolute Gasteiger partial charge is 0.295 e. The fraction of sp³-hybridized carbons (Fsp3) is 0.214. The number of hydrogen-bond acceptors (Lipinski definition) is 4. The maximum atomic E-state index is 13.7. The van der Waals surface area contributed by atoms with Crippen molar-refractivity contribution in [1.82, 2.24) is 4.90 Å². The molecule has 1 N–H and O–H groups in total. The lowest BCUT2D eigenvalue weighted by Gasteiger charge is -2.25. The summed E-state index contributed by atoms with van der Waals surface area (Å²) in [4.78, 5) is 27.8. The molecule has 7 heteroatoms. The van der Waals surface area contributed by atoms with Crippen molar-refractivity contribution in [3.05, 3.63) is 105 Å². The highest BCUT2D eigenvalue weighted by atomic mass is 35.5. The summed E-state index contributed by atoms with van der Waals surface area (Å²) in [7, 11) is 1.56. The van der Waals surface area contributed by atoms with E-state index in [0.717, 1.165) is 11.1 Å². The lowest BCUT2D eigenvalue weighted by atomic mass is 9.93. The number of aliphatic hydroxyl groups excluding tert-OH is 1. The van der Waals surface area contributed by atoms with E-state index in [9.17, 15) is 19.1 Å². The monoisotopic (exact) mass is 493 g/mol. The Morgan fingerprint density at radius 2 is 1.69 bits per heavy atom. The Balaban J connectivity index is 1.81. The predicted octanol–water partition coefficient (Wildman–Crippen LogP) is 5.77.